The van der Waals surface area contributed by atoms with E-state index in [-0.39, 0.29) is 5.41 Å². The molecule has 0 unspecified atom stereocenters. The third-order valence-electron chi connectivity index (χ3n) is 10.4. The van der Waals surface area contributed by atoms with E-state index < -0.39 is 0 Å². The van der Waals surface area contributed by atoms with Crippen LogP contribution in [0.4, 0.5) is 0 Å². The predicted octanol–water partition coefficient (Wildman–Crippen LogP) is 12.3. The van der Waals surface area contributed by atoms with Gasteiger partial charge in [-0.15, -0.1) is 0 Å². The van der Waals surface area contributed by atoms with Crippen LogP contribution in [0.25, 0.3) is 82.8 Å². The van der Waals surface area contributed by atoms with Crippen molar-refractivity contribution < 1.29 is 4.42 Å². The second-order valence-corrected chi connectivity index (χ2v) is 13.3. The Kier molecular flexibility index (Phi) is 5.37. The van der Waals surface area contributed by atoms with Crippen molar-refractivity contribution in [1.29, 1.82) is 0 Å². The maximum Gasteiger partial charge on any atom is 0.143 e. The smallest absolute Gasteiger partial charge is 0.143 e. The fourth-order valence-corrected chi connectivity index (χ4v) is 8.07. The fraction of sp³-hybridized carbons (Fsp3) is 0.0667. The monoisotopic (exact) mass is 601 g/mol. The average Bonchev–Trinajstić information content (AvgIpc) is 3.74. The molecule has 0 saturated carbocycles. The van der Waals surface area contributed by atoms with Crippen LogP contribution in [0.2, 0.25) is 0 Å². The summed E-state index contributed by atoms with van der Waals surface area (Å²) in [6.45, 7) is 4.67. The summed E-state index contributed by atoms with van der Waals surface area (Å²) in [5.41, 5.74) is 15.4. The van der Waals surface area contributed by atoms with Crippen LogP contribution in [0.15, 0.2) is 156 Å². The van der Waals surface area contributed by atoms with Gasteiger partial charge in [-0.25, -0.2) is 0 Å². The molecule has 0 spiro atoms. The van der Waals surface area contributed by atoms with E-state index >= 15 is 0 Å². The average molecular weight is 602 g/mol. The first-order valence-corrected chi connectivity index (χ1v) is 16.4. The van der Waals surface area contributed by atoms with Crippen molar-refractivity contribution in [3.8, 4) is 39.1 Å². The SMILES string of the molecule is CC1(C)c2ccc(-c3ccc4c(c3)c3cc(-c5ccccc5)ccc3n4-c3ccccc3)cc2-c2c1ccc1c2oc2ccccc21. The van der Waals surface area contributed by atoms with Crippen LogP contribution in [-0.4, -0.2) is 4.57 Å². The molecule has 0 atom stereocenters. The molecule has 0 amide bonds. The molecule has 0 aliphatic heterocycles. The Labute approximate surface area is 273 Å². The molecule has 1 aliphatic carbocycles. The molecular formula is C45H31NO. The first-order chi connectivity index (χ1) is 23.1. The van der Waals surface area contributed by atoms with Gasteiger partial charge in [-0.3, -0.25) is 0 Å². The molecule has 47 heavy (non-hydrogen) atoms. The van der Waals surface area contributed by atoms with Crippen molar-refractivity contribution in [1.82, 2.24) is 4.57 Å². The van der Waals surface area contributed by atoms with Crippen molar-refractivity contribution in [3.05, 3.63) is 163 Å². The van der Waals surface area contributed by atoms with Crippen LogP contribution >= 0.6 is 0 Å². The van der Waals surface area contributed by atoms with Crippen molar-refractivity contribution >= 4 is 43.7 Å². The Morgan fingerprint density at radius 3 is 1.81 bits per heavy atom. The molecule has 2 heterocycles. The van der Waals surface area contributed by atoms with E-state index in [1.807, 2.05) is 0 Å². The number of benzene rings is 7. The third-order valence-corrected chi connectivity index (χ3v) is 10.4. The summed E-state index contributed by atoms with van der Waals surface area (Å²) < 4.78 is 8.98. The molecule has 2 nitrogen and oxygen atoms in total. The van der Waals surface area contributed by atoms with E-state index in [2.05, 4.69) is 170 Å². The molecule has 1 aliphatic rings. The van der Waals surface area contributed by atoms with Gasteiger partial charge in [0.15, 0.2) is 0 Å². The normalized spacial score (nSPS) is 13.5. The molecule has 9 aromatic rings. The Balaban J connectivity index is 1.20. The Morgan fingerprint density at radius 2 is 1.06 bits per heavy atom. The number of furan rings is 1. The first-order valence-electron chi connectivity index (χ1n) is 16.4. The number of hydrogen-bond donors (Lipinski definition) is 0. The molecule has 222 valence electrons. The summed E-state index contributed by atoms with van der Waals surface area (Å²) in [5, 5.41) is 4.85. The van der Waals surface area contributed by atoms with Gasteiger partial charge in [-0.2, -0.15) is 0 Å². The van der Waals surface area contributed by atoms with Crippen LogP contribution in [0.1, 0.15) is 25.0 Å². The minimum absolute atomic E-state index is 0.114. The van der Waals surface area contributed by atoms with E-state index in [4.69, 9.17) is 4.42 Å². The molecule has 0 fully saturated rings. The summed E-state index contributed by atoms with van der Waals surface area (Å²) >= 11 is 0. The van der Waals surface area contributed by atoms with Crippen LogP contribution in [0.3, 0.4) is 0 Å². The summed E-state index contributed by atoms with van der Waals surface area (Å²) in [4.78, 5) is 0. The molecule has 0 radical (unpaired) electrons. The third kappa shape index (κ3) is 3.73. The van der Waals surface area contributed by atoms with Gasteiger partial charge in [0.1, 0.15) is 11.2 Å². The minimum atomic E-state index is -0.114. The minimum Gasteiger partial charge on any atom is -0.455 e. The lowest BCUT2D eigenvalue weighted by atomic mass is 9.82. The number of hydrogen-bond acceptors (Lipinski definition) is 1. The number of nitrogens with zero attached hydrogens (tertiary/aromatic N) is 1. The van der Waals surface area contributed by atoms with E-state index in [0.717, 1.165) is 11.2 Å². The van der Waals surface area contributed by atoms with Gasteiger partial charge in [0.25, 0.3) is 0 Å². The summed E-state index contributed by atoms with van der Waals surface area (Å²) in [5.74, 6) is 0. The van der Waals surface area contributed by atoms with Crippen molar-refractivity contribution in [2.45, 2.75) is 19.3 Å². The summed E-state index contributed by atoms with van der Waals surface area (Å²) in [6, 6.07) is 55.2. The topological polar surface area (TPSA) is 18.1 Å². The fourth-order valence-electron chi connectivity index (χ4n) is 8.07. The molecule has 10 rings (SSSR count). The van der Waals surface area contributed by atoms with Gasteiger partial charge in [0, 0.05) is 38.2 Å². The van der Waals surface area contributed by atoms with E-state index in [9.17, 15) is 0 Å². The second kappa shape index (κ2) is 9.57. The zero-order valence-electron chi connectivity index (χ0n) is 26.3. The Hall–Kier alpha value is -5.86. The molecule has 2 heteroatoms. The van der Waals surface area contributed by atoms with Gasteiger partial charge in [-0.05, 0) is 87.5 Å². The number of rotatable bonds is 3. The molecule has 0 N–H and O–H groups in total. The van der Waals surface area contributed by atoms with Crippen LogP contribution < -0.4 is 0 Å². The Bertz CT molecular complexity index is 2690. The second-order valence-electron chi connectivity index (χ2n) is 13.3. The maximum atomic E-state index is 6.59. The Morgan fingerprint density at radius 1 is 0.468 bits per heavy atom. The number of para-hydroxylation sites is 2. The molecule has 7 aromatic carbocycles. The quantitative estimate of drug-likeness (QED) is 0.197. The van der Waals surface area contributed by atoms with Crippen molar-refractivity contribution in [2.24, 2.45) is 0 Å². The summed E-state index contributed by atoms with van der Waals surface area (Å²) in [6.07, 6.45) is 0. The highest BCUT2D eigenvalue weighted by molar-refractivity contribution is 6.13. The lowest BCUT2D eigenvalue weighted by Crippen LogP contribution is -2.14. The molecule has 2 aromatic heterocycles. The largest absolute Gasteiger partial charge is 0.455 e. The lowest BCUT2D eigenvalue weighted by molar-refractivity contribution is 0.653. The highest BCUT2D eigenvalue weighted by Crippen LogP contribution is 2.53. The molecule has 0 bridgehead atoms. The van der Waals surface area contributed by atoms with E-state index in [0.29, 0.717) is 0 Å². The molecule has 0 saturated heterocycles. The van der Waals surface area contributed by atoms with Gasteiger partial charge >= 0.3 is 0 Å². The van der Waals surface area contributed by atoms with Crippen molar-refractivity contribution in [3.63, 3.8) is 0 Å². The van der Waals surface area contributed by atoms with Crippen LogP contribution in [0, 0.1) is 0 Å². The lowest BCUT2D eigenvalue weighted by Gasteiger charge is -2.21. The van der Waals surface area contributed by atoms with E-state index in [1.54, 1.807) is 0 Å². The van der Waals surface area contributed by atoms with Crippen molar-refractivity contribution in [2.75, 3.05) is 0 Å². The first kappa shape index (κ1) is 26.4. The van der Waals surface area contributed by atoms with Crippen LogP contribution in [0.5, 0.6) is 0 Å². The van der Waals surface area contributed by atoms with Gasteiger partial charge < -0.3 is 8.98 Å². The highest BCUT2D eigenvalue weighted by atomic mass is 16.3. The zero-order valence-corrected chi connectivity index (χ0v) is 26.3. The highest BCUT2D eigenvalue weighted by Gasteiger charge is 2.38. The zero-order chi connectivity index (χ0) is 31.3. The predicted molar refractivity (Wildman–Crippen MR) is 196 cm³/mol. The van der Waals surface area contributed by atoms with Gasteiger partial charge in [-0.1, -0.05) is 117 Å². The summed E-state index contributed by atoms with van der Waals surface area (Å²) in [7, 11) is 0. The standard InChI is InChI=1S/C45H31NO/c1-45(2)38-21-17-30(27-37(38)43-39(45)22-20-34-33-15-9-10-16-42(33)47-44(34)43)31-19-24-41-36(26-31)35-25-29(28-11-5-3-6-12-28)18-23-40(35)46(41)32-13-7-4-8-14-32/h3-27H,1-2H3. The van der Waals surface area contributed by atoms with Crippen LogP contribution in [-0.2, 0) is 5.41 Å². The van der Waals surface area contributed by atoms with E-state index in [1.165, 1.54) is 82.8 Å². The molecular weight excluding hydrogens is 571 g/mol. The number of aromatic nitrogens is 1. The van der Waals surface area contributed by atoms with Gasteiger partial charge in [0.05, 0.1) is 11.0 Å². The number of fused-ring (bicyclic) bond motifs is 10. The van der Waals surface area contributed by atoms with Gasteiger partial charge in [0.2, 0.25) is 0 Å². The maximum absolute atomic E-state index is 6.59.